The number of likely N-dealkylation sites (tertiary alicyclic amines) is 2. The second-order valence-electron chi connectivity index (χ2n) is 7.48. The van der Waals surface area contributed by atoms with Crippen molar-refractivity contribution in [2.24, 2.45) is 0 Å². The molecular formula is C21H32N2O2. The van der Waals surface area contributed by atoms with Crippen LogP contribution in [-0.2, 0) is 4.79 Å². The summed E-state index contributed by atoms with van der Waals surface area (Å²) < 4.78 is 5.79. The maximum atomic E-state index is 12.7. The van der Waals surface area contributed by atoms with Crippen LogP contribution in [0.4, 0.5) is 0 Å². The fourth-order valence-electron chi connectivity index (χ4n) is 4.08. The summed E-state index contributed by atoms with van der Waals surface area (Å²) in [5, 5.41) is 0. The molecule has 2 heterocycles. The van der Waals surface area contributed by atoms with Crippen LogP contribution in [-0.4, -0.2) is 54.5 Å². The van der Waals surface area contributed by atoms with Gasteiger partial charge in [0.15, 0.2) is 6.61 Å². The van der Waals surface area contributed by atoms with E-state index >= 15 is 0 Å². The van der Waals surface area contributed by atoms with Gasteiger partial charge in [0.25, 0.3) is 5.91 Å². The highest BCUT2D eigenvalue weighted by Gasteiger charge is 2.27. The third kappa shape index (κ3) is 5.21. The van der Waals surface area contributed by atoms with Gasteiger partial charge in [0.2, 0.25) is 0 Å². The van der Waals surface area contributed by atoms with Crippen LogP contribution in [0.2, 0.25) is 0 Å². The lowest BCUT2D eigenvalue weighted by Crippen LogP contribution is -2.47. The van der Waals surface area contributed by atoms with Crippen molar-refractivity contribution in [2.75, 3.05) is 32.8 Å². The van der Waals surface area contributed by atoms with Gasteiger partial charge in [-0.2, -0.15) is 0 Å². The molecule has 0 saturated carbocycles. The van der Waals surface area contributed by atoms with E-state index in [0.29, 0.717) is 6.04 Å². The average Bonchev–Trinajstić information content (AvgIpc) is 2.66. The highest BCUT2D eigenvalue weighted by molar-refractivity contribution is 5.78. The van der Waals surface area contributed by atoms with Gasteiger partial charge in [0.05, 0.1) is 0 Å². The number of carbonyl (C=O) groups is 1. The van der Waals surface area contributed by atoms with E-state index in [4.69, 9.17) is 4.74 Å². The molecule has 2 aliphatic heterocycles. The van der Waals surface area contributed by atoms with Crippen LogP contribution in [0.3, 0.4) is 0 Å². The van der Waals surface area contributed by atoms with Gasteiger partial charge in [-0.1, -0.05) is 24.6 Å². The largest absolute Gasteiger partial charge is 0.484 e. The smallest absolute Gasteiger partial charge is 0.260 e. The third-order valence-electron chi connectivity index (χ3n) is 5.62. The number of hydrogen-bond donors (Lipinski definition) is 0. The van der Waals surface area contributed by atoms with E-state index in [1.807, 2.05) is 31.2 Å². The number of aryl methyl sites for hydroxylation is 1. The van der Waals surface area contributed by atoms with E-state index in [-0.39, 0.29) is 12.5 Å². The summed E-state index contributed by atoms with van der Waals surface area (Å²) in [5.41, 5.74) is 1.08. The summed E-state index contributed by atoms with van der Waals surface area (Å²) in [7, 11) is 0. The number of amides is 1. The monoisotopic (exact) mass is 344 g/mol. The minimum Gasteiger partial charge on any atom is -0.484 e. The second kappa shape index (κ2) is 9.23. The Kier molecular flexibility index (Phi) is 6.74. The van der Waals surface area contributed by atoms with E-state index < -0.39 is 0 Å². The molecule has 2 saturated heterocycles. The van der Waals surface area contributed by atoms with Crippen molar-refractivity contribution in [1.82, 2.24) is 9.80 Å². The molecule has 3 rings (SSSR count). The summed E-state index contributed by atoms with van der Waals surface area (Å²) in [5.74, 6) is 0.962. The van der Waals surface area contributed by atoms with Crippen LogP contribution in [0.25, 0.3) is 0 Å². The van der Waals surface area contributed by atoms with Crippen LogP contribution in [0.15, 0.2) is 24.3 Å². The molecule has 0 spiro atoms. The second-order valence-corrected chi connectivity index (χ2v) is 7.48. The molecule has 0 aromatic heterocycles. The maximum absolute atomic E-state index is 12.7. The minimum absolute atomic E-state index is 0.145. The van der Waals surface area contributed by atoms with Crippen LogP contribution in [0.5, 0.6) is 5.75 Å². The molecule has 0 aliphatic carbocycles. The number of rotatable bonds is 6. The molecule has 0 N–H and O–H groups in total. The molecule has 4 nitrogen and oxygen atoms in total. The molecule has 1 atom stereocenters. The van der Waals surface area contributed by atoms with Gasteiger partial charge in [-0.05, 0) is 70.2 Å². The molecule has 1 unspecified atom stereocenters. The van der Waals surface area contributed by atoms with Gasteiger partial charge in [-0.3, -0.25) is 4.79 Å². The quantitative estimate of drug-likeness (QED) is 0.790. The molecule has 4 heteroatoms. The molecule has 1 amide bonds. The summed E-state index contributed by atoms with van der Waals surface area (Å²) in [6.07, 6.45) is 8.65. The van der Waals surface area contributed by atoms with E-state index in [1.165, 1.54) is 38.8 Å². The molecule has 0 radical (unpaired) electrons. The van der Waals surface area contributed by atoms with E-state index in [2.05, 4.69) is 9.80 Å². The topological polar surface area (TPSA) is 32.8 Å². The zero-order valence-electron chi connectivity index (χ0n) is 15.6. The third-order valence-corrected chi connectivity index (χ3v) is 5.62. The maximum Gasteiger partial charge on any atom is 0.260 e. The normalized spacial score (nSPS) is 22.0. The van der Waals surface area contributed by atoms with Crippen molar-refractivity contribution in [3.63, 3.8) is 0 Å². The lowest BCUT2D eigenvalue weighted by Gasteiger charge is -2.37. The Hall–Kier alpha value is -1.55. The SMILES string of the molecule is Cc1ccccc1OCC(=O)N1CCCCC1CCN1CCCCC1. The Morgan fingerprint density at radius 1 is 1.08 bits per heavy atom. The highest BCUT2D eigenvalue weighted by Crippen LogP contribution is 2.22. The van der Waals surface area contributed by atoms with Gasteiger partial charge in [-0.25, -0.2) is 0 Å². The zero-order chi connectivity index (χ0) is 17.5. The Morgan fingerprint density at radius 3 is 2.64 bits per heavy atom. The molecule has 0 bridgehead atoms. The van der Waals surface area contributed by atoms with Gasteiger partial charge in [-0.15, -0.1) is 0 Å². The van der Waals surface area contributed by atoms with E-state index in [1.54, 1.807) is 0 Å². The van der Waals surface area contributed by atoms with Crippen LogP contribution in [0.1, 0.15) is 50.5 Å². The Balaban J connectivity index is 1.50. The summed E-state index contributed by atoms with van der Waals surface area (Å²) in [6.45, 7) is 6.66. The predicted molar refractivity (Wildman–Crippen MR) is 101 cm³/mol. The summed E-state index contributed by atoms with van der Waals surface area (Å²) >= 11 is 0. The Bertz CT molecular complexity index is 555. The predicted octanol–water partition coefficient (Wildman–Crippen LogP) is 3.63. The number of piperidine rings is 2. The molecular weight excluding hydrogens is 312 g/mol. The van der Waals surface area contributed by atoms with Gasteiger partial charge >= 0.3 is 0 Å². The number of ether oxygens (including phenoxy) is 1. The first-order valence-electron chi connectivity index (χ1n) is 9.94. The highest BCUT2D eigenvalue weighted by atomic mass is 16.5. The summed E-state index contributed by atoms with van der Waals surface area (Å²) in [6, 6.07) is 8.29. The van der Waals surface area contributed by atoms with Gasteiger partial charge in [0, 0.05) is 19.1 Å². The number of carbonyl (C=O) groups excluding carboxylic acids is 1. The van der Waals surface area contributed by atoms with Crippen molar-refractivity contribution in [3.8, 4) is 5.75 Å². The van der Waals surface area contributed by atoms with Crippen LogP contribution in [0, 0.1) is 6.92 Å². The average molecular weight is 344 g/mol. The fraction of sp³-hybridized carbons (Fsp3) is 0.667. The Morgan fingerprint density at radius 2 is 1.84 bits per heavy atom. The molecule has 1 aromatic rings. The van der Waals surface area contributed by atoms with E-state index in [0.717, 1.165) is 43.7 Å². The van der Waals surface area contributed by atoms with Gasteiger partial charge < -0.3 is 14.5 Å². The zero-order valence-corrected chi connectivity index (χ0v) is 15.6. The molecule has 25 heavy (non-hydrogen) atoms. The van der Waals surface area contributed by atoms with Crippen LogP contribution >= 0.6 is 0 Å². The van der Waals surface area contributed by atoms with Crippen molar-refractivity contribution in [2.45, 2.75) is 57.9 Å². The Labute approximate surface area is 152 Å². The first-order chi connectivity index (χ1) is 12.2. The molecule has 138 valence electrons. The van der Waals surface area contributed by atoms with E-state index in [9.17, 15) is 4.79 Å². The number of hydrogen-bond acceptors (Lipinski definition) is 3. The van der Waals surface area contributed by atoms with Crippen molar-refractivity contribution in [3.05, 3.63) is 29.8 Å². The number of para-hydroxylation sites is 1. The van der Waals surface area contributed by atoms with Crippen molar-refractivity contribution < 1.29 is 9.53 Å². The fourth-order valence-corrected chi connectivity index (χ4v) is 4.08. The number of nitrogens with zero attached hydrogens (tertiary/aromatic N) is 2. The first kappa shape index (κ1) is 18.2. The van der Waals surface area contributed by atoms with Crippen LogP contribution < -0.4 is 4.74 Å². The van der Waals surface area contributed by atoms with Gasteiger partial charge in [0.1, 0.15) is 5.75 Å². The standard InChI is InChI=1S/C21H32N2O2/c1-18-9-3-4-11-20(18)25-17-21(24)23-15-8-5-10-19(23)12-16-22-13-6-2-7-14-22/h3-4,9,11,19H,2,5-8,10,12-17H2,1H3. The molecule has 2 fully saturated rings. The minimum atomic E-state index is 0.145. The lowest BCUT2D eigenvalue weighted by atomic mass is 9.98. The number of benzene rings is 1. The van der Waals surface area contributed by atoms with Crippen molar-refractivity contribution in [1.29, 1.82) is 0 Å². The summed E-state index contributed by atoms with van der Waals surface area (Å²) in [4.78, 5) is 17.4. The molecule has 2 aliphatic rings. The lowest BCUT2D eigenvalue weighted by molar-refractivity contribution is -0.137. The molecule has 1 aromatic carbocycles. The van der Waals surface area contributed by atoms with Crippen molar-refractivity contribution >= 4 is 5.91 Å². The first-order valence-corrected chi connectivity index (χ1v) is 9.94.